The molecular weight excluding hydrogens is 396 g/mol. The molecule has 168 valence electrons. The third kappa shape index (κ3) is 4.26. The molecule has 0 bridgehead atoms. The number of ketones is 1. The van der Waals surface area contributed by atoms with Crippen LogP contribution in [-0.4, -0.2) is 70.1 Å². The van der Waals surface area contributed by atoms with Crippen LogP contribution >= 0.6 is 0 Å². The molecule has 0 N–H and O–H groups in total. The molecule has 1 amide bonds. The number of nitrogens with zero attached hydrogens (tertiary/aromatic N) is 4. The van der Waals surface area contributed by atoms with E-state index in [1.54, 1.807) is 9.47 Å². The molecule has 1 aromatic carbocycles. The number of Topliss-reactive ketones (excluding diaryl/α,β-unsaturated/α-hetero) is 1. The van der Waals surface area contributed by atoms with E-state index in [2.05, 4.69) is 4.90 Å². The molecule has 2 aliphatic rings. The highest BCUT2D eigenvalue weighted by atomic mass is 16.5. The minimum atomic E-state index is -0.241. The van der Waals surface area contributed by atoms with Gasteiger partial charge in [0, 0.05) is 44.7 Å². The van der Waals surface area contributed by atoms with Gasteiger partial charge in [-0.3, -0.25) is 13.9 Å². The number of hydrogen-bond donors (Lipinski definition) is 0. The Bertz CT molecular complexity index is 995. The molecule has 0 spiro atoms. The standard InChI is InChI=1S/C23H32N4O4/c1-3-19(28)16-26-20-6-4-5-7-21(20)27(22(26)29)18-10-12-24(13-11-18)17-8-14-25(15-9-17)23(30)31-2/h4-7,17-18H,3,8-16H2,1-2H3. The zero-order chi connectivity index (χ0) is 22.0. The zero-order valence-electron chi connectivity index (χ0n) is 18.5. The molecule has 0 unspecified atom stereocenters. The molecule has 3 heterocycles. The van der Waals surface area contributed by atoms with E-state index in [0.717, 1.165) is 62.9 Å². The van der Waals surface area contributed by atoms with E-state index in [1.807, 2.05) is 35.8 Å². The minimum absolute atomic E-state index is 0.0677. The van der Waals surface area contributed by atoms with Gasteiger partial charge >= 0.3 is 11.8 Å². The van der Waals surface area contributed by atoms with Crippen molar-refractivity contribution in [3.63, 3.8) is 0 Å². The predicted octanol–water partition coefficient (Wildman–Crippen LogP) is 2.65. The summed E-state index contributed by atoms with van der Waals surface area (Å²) in [5, 5.41) is 0. The van der Waals surface area contributed by atoms with Crippen molar-refractivity contribution in [3.05, 3.63) is 34.7 Å². The molecular formula is C23H32N4O4. The lowest BCUT2D eigenvalue weighted by Crippen LogP contribution is -2.49. The Labute approximate surface area is 182 Å². The first-order chi connectivity index (χ1) is 15.0. The lowest BCUT2D eigenvalue weighted by molar-refractivity contribution is -0.119. The van der Waals surface area contributed by atoms with E-state index in [-0.39, 0.29) is 30.2 Å². The van der Waals surface area contributed by atoms with Crippen LogP contribution in [0.1, 0.15) is 45.1 Å². The van der Waals surface area contributed by atoms with Gasteiger partial charge in [0.1, 0.15) is 0 Å². The number of piperidine rings is 2. The fourth-order valence-corrected chi connectivity index (χ4v) is 5.08. The van der Waals surface area contributed by atoms with Crippen molar-refractivity contribution >= 4 is 22.9 Å². The number of amides is 1. The lowest BCUT2D eigenvalue weighted by Gasteiger charge is -2.41. The summed E-state index contributed by atoms with van der Waals surface area (Å²) in [6, 6.07) is 8.40. The van der Waals surface area contributed by atoms with Crippen molar-refractivity contribution < 1.29 is 14.3 Å². The van der Waals surface area contributed by atoms with Gasteiger partial charge in [-0.2, -0.15) is 0 Å². The predicted molar refractivity (Wildman–Crippen MR) is 118 cm³/mol. The number of carbonyl (C=O) groups excluding carboxylic acids is 2. The van der Waals surface area contributed by atoms with Gasteiger partial charge in [0.2, 0.25) is 0 Å². The Kier molecular flexibility index (Phi) is 6.46. The number of para-hydroxylation sites is 2. The molecule has 8 nitrogen and oxygen atoms in total. The van der Waals surface area contributed by atoms with Crippen LogP contribution < -0.4 is 5.69 Å². The molecule has 8 heteroatoms. The molecule has 1 aromatic heterocycles. The quantitative estimate of drug-likeness (QED) is 0.732. The fraction of sp³-hybridized carbons (Fsp3) is 0.609. The van der Waals surface area contributed by atoms with Gasteiger partial charge in [0.15, 0.2) is 5.78 Å². The van der Waals surface area contributed by atoms with Crippen LogP contribution in [0.5, 0.6) is 0 Å². The van der Waals surface area contributed by atoms with E-state index in [1.165, 1.54) is 7.11 Å². The van der Waals surface area contributed by atoms with Crippen LogP contribution in [0.2, 0.25) is 0 Å². The number of hydrogen-bond acceptors (Lipinski definition) is 5. The van der Waals surface area contributed by atoms with Gasteiger partial charge in [-0.15, -0.1) is 0 Å². The fourth-order valence-electron chi connectivity index (χ4n) is 5.08. The van der Waals surface area contributed by atoms with Gasteiger partial charge in [-0.25, -0.2) is 9.59 Å². The summed E-state index contributed by atoms with van der Waals surface area (Å²) >= 11 is 0. The van der Waals surface area contributed by atoms with Crippen LogP contribution in [0, 0.1) is 0 Å². The van der Waals surface area contributed by atoms with Gasteiger partial charge in [-0.1, -0.05) is 19.1 Å². The summed E-state index contributed by atoms with van der Waals surface area (Å²) in [6.07, 6.45) is 3.92. The monoisotopic (exact) mass is 428 g/mol. The minimum Gasteiger partial charge on any atom is -0.453 e. The second kappa shape index (κ2) is 9.26. The van der Waals surface area contributed by atoms with E-state index < -0.39 is 0 Å². The molecule has 4 rings (SSSR count). The molecule has 2 aromatic rings. The van der Waals surface area contributed by atoms with Gasteiger partial charge in [0.05, 0.1) is 24.7 Å². The van der Waals surface area contributed by atoms with Crippen molar-refractivity contribution in [2.45, 2.75) is 57.7 Å². The van der Waals surface area contributed by atoms with Gasteiger partial charge in [-0.05, 0) is 37.8 Å². The van der Waals surface area contributed by atoms with Crippen molar-refractivity contribution in [2.75, 3.05) is 33.3 Å². The highest BCUT2D eigenvalue weighted by Gasteiger charge is 2.31. The lowest BCUT2D eigenvalue weighted by atomic mass is 9.97. The molecule has 0 atom stereocenters. The van der Waals surface area contributed by atoms with Crippen LogP contribution in [0.15, 0.2) is 29.1 Å². The summed E-state index contributed by atoms with van der Waals surface area (Å²) < 4.78 is 8.38. The smallest absolute Gasteiger partial charge is 0.409 e. The van der Waals surface area contributed by atoms with E-state index in [4.69, 9.17) is 4.74 Å². The van der Waals surface area contributed by atoms with Crippen LogP contribution in [0.4, 0.5) is 4.79 Å². The molecule has 2 aliphatic heterocycles. The number of ether oxygens (including phenoxy) is 1. The highest BCUT2D eigenvalue weighted by molar-refractivity contribution is 5.82. The molecule has 0 saturated carbocycles. The van der Waals surface area contributed by atoms with Crippen molar-refractivity contribution in [1.29, 1.82) is 0 Å². The maximum Gasteiger partial charge on any atom is 0.409 e. The number of imidazole rings is 1. The second-order valence-electron chi connectivity index (χ2n) is 8.58. The zero-order valence-corrected chi connectivity index (χ0v) is 18.5. The molecule has 0 radical (unpaired) electrons. The SMILES string of the molecule is CCC(=O)Cn1c(=O)n(C2CCN(C3CCN(C(=O)OC)CC3)CC2)c2ccccc21. The Morgan fingerprint density at radius 2 is 1.58 bits per heavy atom. The average molecular weight is 429 g/mol. The van der Waals surface area contributed by atoms with Crippen molar-refractivity contribution in [3.8, 4) is 0 Å². The largest absolute Gasteiger partial charge is 0.453 e. The summed E-state index contributed by atoms with van der Waals surface area (Å²) in [6.45, 7) is 5.31. The van der Waals surface area contributed by atoms with Crippen LogP contribution in [0.3, 0.4) is 0 Å². The maximum atomic E-state index is 13.3. The van der Waals surface area contributed by atoms with Crippen molar-refractivity contribution in [2.24, 2.45) is 0 Å². The summed E-state index contributed by atoms with van der Waals surface area (Å²) in [7, 11) is 1.43. The number of methoxy groups -OCH3 is 1. The normalized spacial score (nSPS) is 19.1. The van der Waals surface area contributed by atoms with E-state index in [0.29, 0.717) is 12.5 Å². The first-order valence-corrected chi connectivity index (χ1v) is 11.3. The number of fused-ring (bicyclic) bond motifs is 1. The summed E-state index contributed by atoms with van der Waals surface area (Å²) in [5.41, 5.74) is 1.68. The van der Waals surface area contributed by atoms with Gasteiger partial charge in [0.25, 0.3) is 0 Å². The average Bonchev–Trinajstić information content (AvgIpc) is 3.10. The summed E-state index contributed by atoms with van der Waals surface area (Å²) in [4.78, 5) is 41.3. The van der Waals surface area contributed by atoms with Crippen molar-refractivity contribution in [1.82, 2.24) is 18.9 Å². The van der Waals surface area contributed by atoms with Gasteiger partial charge < -0.3 is 14.5 Å². The number of likely N-dealkylation sites (tertiary alicyclic amines) is 2. The molecule has 0 aliphatic carbocycles. The Balaban J connectivity index is 1.46. The van der Waals surface area contributed by atoms with E-state index in [9.17, 15) is 14.4 Å². The number of rotatable bonds is 5. The number of aromatic nitrogens is 2. The first kappa shape index (κ1) is 21.6. The topological polar surface area (TPSA) is 76.8 Å². The third-order valence-corrected chi connectivity index (χ3v) is 6.88. The Morgan fingerprint density at radius 1 is 0.968 bits per heavy atom. The molecule has 2 fully saturated rings. The molecule has 2 saturated heterocycles. The Morgan fingerprint density at radius 3 is 2.19 bits per heavy atom. The Hall–Kier alpha value is -2.61. The van der Waals surface area contributed by atoms with Crippen LogP contribution in [0.25, 0.3) is 11.0 Å². The number of benzene rings is 1. The summed E-state index contributed by atoms with van der Waals surface area (Å²) in [5.74, 6) is 0.0677. The second-order valence-corrected chi connectivity index (χ2v) is 8.58. The van der Waals surface area contributed by atoms with E-state index >= 15 is 0 Å². The third-order valence-electron chi connectivity index (χ3n) is 6.88. The van der Waals surface area contributed by atoms with Crippen LogP contribution in [-0.2, 0) is 16.1 Å². The molecule has 31 heavy (non-hydrogen) atoms. The maximum absolute atomic E-state index is 13.3. The first-order valence-electron chi connectivity index (χ1n) is 11.3. The number of carbonyl (C=O) groups is 2. The highest BCUT2D eigenvalue weighted by Crippen LogP contribution is 2.29.